The van der Waals surface area contributed by atoms with Gasteiger partial charge in [0.25, 0.3) is 0 Å². The number of phosphoric ester groups is 1. The largest absolute Gasteiger partial charge is 0.472 e. The molecule has 0 amide bonds. The molecule has 0 rings (SSSR count). The fourth-order valence-electron chi connectivity index (χ4n) is 7.18. The first-order chi connectivity index (χ1) is 37.2. The number of allylic oxidation sites excluding steroid dienone is 22. The molecule has 0 spiro atoms. The van der Waals surface area contributed by atoms with Crippen LogP contribution in [0.4, 0.5) is 0 Å². The maximum absolute atomic E-state index is 12.9. The number of phosphoric acid groups is 1. The van der Waals surface area contributed by atoms with Crippen LogP contribution in [0, 0.1) is 0 Å². The van der Waals surface area contributed by atoms with Gasteiger partial charge in [0.1, 0.15) is 12.7 Å². The Hall–Kier alpha value is -4.38. The molecule has 0 aliphatic heterocycles. The molecule has 11 nitrogen and oxygen atoms in total. The minimum atomic E-state index is -4.78. The number of hydrogen-bond acceptors (Lipinski definition) is 10. The number of aliphatic hydroxyl groups is 1. The summed E-state index contributed by atoms with van der Waals surface area (Å²) in [5.74, 6) is -1.57. The molecule has 76 heavy (non-hydrogen) atoms. The average molecular weight is 1080 g/mol. The molecular weight excluding hydrogens is 976 g/mol. The lowest BCUT2D eigenvalue weighted by molar-refractivity contribution is -0.161. The van der Waals surface area contributed by atoms with Crippen LogP contribution in [-0.4, -0.2) is 66.5 Å². The van der Waals surface area contributed by atoms with Crippen LogP contribution in [0.3, 0.4) is 0 Å². The molecule has 2 N–H and O–H groups in total. The molecule has 0 radical (unpaired) electrons. The molecule has 12 heteroatoms. The number of aliphatic hydroxyl groups excluding tert-OH is 1. The molecule has 0 aromatic carbocycles. The van der Waals surface area contributed by atoms with Crippen molar-refractivity contribution >= 4 is 25.7 Å². The van der Waals surface area contributed by atoms with Gasteiger partial charge in [-0.1, -0.05) is 206 Å². The minimum absolute atomic E-state index is 0.0899. The topological polar surface area (TPSA) is 155 Å². The van der Waals surface area contributed by atoms with Gasteiger partial charge in [-0.15, -0.1) is 0 Å². The molecule has 0 saturated heterocycles. The van der Waals surface area contributed by atoms with Crippen LogP contribution < -0.4 is 0 Å². The molecule has 0 aromatic rings. The summed E-state index contributed by atoms with van der Waals surface area (Å²) in [5.41, 5.74) is 0. The van der Waals surface area contributed by atoms with Crippen molar-refractivity contribution < 1.29 is 52.2 Å². The fourth-order valence-corrected chi connectivity index (χ4v) is 7.97. The number of esters is 3. The molecule has 0 aliphatic rings. The Labute approximate surface area is 461 Å². The number of carbonyl (C=O) groups is 3. The Morgan fingerprint density at radius 2 is 0.697 bits per heavy atom. The third kappa shape index (κ3) is 54.4. The van der Waals surface area contributed by atoms with Gasteiger partial charge < -0.3 is 24.2 Å². The highest BCUT2D eigenvalue weighted by molar-refractivity contribution is 7.47. The van der Waals surface area contributed by atoms with Crippen molar-refractivity contribution in [2.24, 2.45) is 0 Å². The van der Waals surface area contributed by atoms with E-state index in [0.29, 0.717) is 25.7 Å². The predicted octanol–water partition coefficient (Wildman–Crippen LogP) is 17.4. The SMILES string of the molecule is CC/C=C\C/C=C\C/C=C\C/C=C\C/C=C\CCCC(=O)OC(CO)COP(=O)(O)OCC(COC(=O)CCCCCCC/C=C\C/C=C\CCC)OC(=O)CCCCCCCC/C=C\C/C=C\C/C=C\C/C=C\CC. The van der Waals surface area contributed by atoms with Crippen molar-refractivity contribution in [2.75, 3.05) is 26.4 Å². The number of carbonyl (C=O) groups excluding carboxylic acids is 3. The maximum atomic E-state index is 12.9. The van der Waals surface area contributed by atoms with Crippen LogP contribution in [0.15, 0.2) is 134 Å². The fraction of sp³-hybridized carbons (Fsp3) is 0.609. The maximum Gasteiger partial charge on any atom is 0.472 e. The zero-order chi connectivity index (χ0) is 55.5. The van der Waals surface area contributed by atoms with Gasteiger partial charge in [-0.25, -0.2) is 4.57 Å². The summed E-state index contributed by atoms with van der Waals surface area (Å²) >= 11 is 0. The smallest absolute Gasteiger partial charge is 0.462 e. The lowest BCUT2D eigenvalue weighted by atomic mass is 10.1. The second kappa shape index (κ2) is 56.8. The molecule has 0 saturated carbocycles. The Morgan fingerprint density at radius 3 is 1.11 bits per heavy atom. The predicted molar refractivity (Wildman–Crippen MR) is 316 cm³/mol. The van der Waals surface area contributed by atoms with Gasteiger partial charge in [-0.3, -0.25) is 23.4 Å². The van der Waals surface area contributed by atoms with E-state index < -0.39 is 57.8 Å². The van der Waals surface area contributed by atoms with Crippen molar-refractivity contribution in [3.8, 4) is 0 Å². The van der Waals surface area contributed by atoms with E-state index in [9.17, 15) is 28.9 Å². The van der Waals surface area contributed by atoms with E-state index in [1.165, 1.54) is 0 Å². The van der Waals surface area contributed by atoms with Gasteiger partial charge in [0.05, 0.1) is 19.8 Å². The first kappa shape index (κ1) is 71.6. The van der Waals surface area contributed by atoms with Crippen molar-refractivity contribution in [1.29, 1.82) is 0 Å². The Bertz CT molecular complexity index is 1780. The molecule has 0 aliphatic carbocycles. The molecule has 430 valence electrons. The van der Waals surface area contributed by atoms with Crippen LogP contribution >= 0.6 is 7.82 Å². The van der Waals surface area contributed by atoms with E-state index >= 15 is 0 Å². The van der Waals surface area contributed by atoms with Crippen molar-refractivity contribution in [1.82, 2.24) is 0 Å². The van der Waals surface area contributed by atoms with Crippen LogP contribution in [0.25, 0.3) is 0 Å². The Morgan fingerprint density at radius 1 is 0.382 bits per heavy atom. The standard InChI is InChI=1S/C64H103O11P/c1-4-7-10-13-16-19-22-25-27-29-30-32-34-37-40-43-46-49-52-55-64(68)75-61(57-71-62(66)53-50-47-44-41-38-35-24-21-18-15-12-9-6-3)59-73-76(69,70)72-58-60(56-65)74-63(67)54-51-48-45-42-39-36-33-31-28-26-23-20-17-14-11-8-5-2/h7-8,10-12,15-17,19-21,24-28,30,32-33,36,42,45,60-61,65H,4-6,9,13-14,18,22-23,29,31,34-35,37-41,43-44,46-59H2,1-3H3,(H,69,70)/b10-7-,11-8-,15-12-,19-16-,20-17-,24-21-,27-25-,28-26-,32-30-,36-33-,45-42-. The summed E-state index contributed by atoms with van der Waals surface area (Å²) in [6, 6.07) is 0. The number of ether oxygens (including phenoxy) is 3. The first-order valence-electron chi connectivity index (χ1n) is 29.1. The molecule has 0 aromatic heterocycles. The summed E-state index contributed by atoms with van der Waals surface area (Å²) in [6.07, 6.45) is 71.3. The van der Waals surface area contributed by atoms with Crippen LogP contribution in [-0.2, 0) is 42.2 Å². The summed E-state index contributed by atoms with van der Waals surface area (Å²) < 4.78 is 39.5. The summed E-state index contributed by atoms with van der Waals surface area (Å²) in [4.78, 5) is 48.6. The van der Waals surface area contributed by atoms with Gasteiger partial charge in [0.2, 0.25) is 0 Å². The highest BCUT2D eigenvalue weighted by Gasteiger charge is 2.28. The van der Waals surface area contributed by atoms with E-state index in [1.807, 2.05) is 12.2 Å². The van der Waals surface area contributed by atoms with E-state index in [4.69, 9.17) is 23.3 Å². The minimum Gasteiger partial charge on any atom is -0.462 e. The van der Waals surface area contributed by atoms with Gasteiger partial charge in [-0.05, 0) is 122 Å². The number of rotatable bonds is 52. The van der Waals surface area contributed by atoms with Crippen molar-refractivity contribution in [3.63, 3.8) is 0 Å². The quantitative estimate of drug-likeness (QED) is 0.0197. The van der Waals surface area contributed by atoms with E-state index in [2.05, 4.69) is 142 Å². The number of hydrogen-bond donors (Lipinski definition) is 2. The summed E-state index contributed by atoms with van der Waals surface area (Å²) in [6.45, 7) is 4.24. The second-order valence-corrected chi connectivity index (χ2v) is 20.1. The molecular formula is C64H103O11P. The van der Waals surface area contributed by atoms with Crippen LogP contribution in [0.1, 0.15) is 213 Å². The average Bonchev–Trinajstić information content (AvgIpc) is 3.41. The first-order valence-corrected chi connectivity index (χ1v) is 30.6. The lowest BCUT2D eigenvalue weighted by Gasteiger charge is -2.21. The van der Waals surface area contributed by atoms with E-state index in [-0.39, 0.29) is 25.9 Å². The van der Waals surface area contributed by atoms with Gasteiger partial charge in [-0.2, -0.15) is 0 Å². The molecule has 0 fully saturated rings. The van der Waals surface area contributed by atoms with Crippen molar-refractivity contribution in [2.45, 2.75) is 226 Å². The second-order valence-electron chi connectivity index (χ2n) is 18.7. The molecule has 3 atom stereocenters. The molecule has 3 unspecified atom stereocenters. The Balaban J connectivity index is 4.82. The van der Waals surface area contributed by atoms with Crippen LogP contribution in [0.2, 0.25) is 0 Å². The van der Waals surface area contributed by atoms with Crippen LogP contribution in [0.5, 0.6) is 0 Å². The third-order valence-corrected chi connectivity index (χ3v) is 12.5. The zero-order valence-electron chi connectivity index (χ0n) is 47.4. The zero-order valence-corrected chi connectivity index (χ0v) is 48.3. The monoisotopic (exact) mass is 1080 g/mol. The molecule has 0 heterocycles. The van der Waals surface area contributed by atoms with Gasteiger partial charge >= 0.3 is 25.7 Å². The van der Waals surface area contributed by atoms with Gasteiger partial charge in [0.15, 0.2) is 6.10 Å². The highest BCUT2D eigenvalue weighted by Crippen LogP contribution is 2.43. The number of unbranched alkanes of at least 4 members (excludes halogenated alkanes) is 13. The highest BCUT2D eigenvalue weighted by atomic mass is 31.2. The molecule has 0 bridgehead atoms. The van der Waals surface area contributed by atoms with E-state index in [0.717, 1.165) is 148 Å². The van der Waals surface area contributed by atoms with Gasteiger partial charge in [0, 0.05) is 19.3 Å². The van der Waals surface area contributed by atoms with Crippen molar-refractivity contribution in [3.05, 3.63) is 134 Å². The third-order valence-electron chi connectivity index (χ3n) is 11.5. The Kier molecular flexibility index (Phi) is 53.5. The lowest BCUT2D eigenvalue weighted by Crippen LogP contribution is -2.30. The van der Waals surface area contributed by atoms with E-state index in [1.54, 1.807) is 0 Å². The normalized spacial score (nSPS) is 14.3. The summed E-state index contributed by atoms with van der Waals surface area (Å²) in [5, 5.41) is 9.81. The summed E-state index contributed by atoms with van der Waals surface area (Å²) in [7, 11) is -4.78.